The van der Waals surface area contributed by atoms with E-state index >= 15 is 0 Å². The summed E-state index contributed by atoms with van der Waals surface area (Å²) in [5.74, 6) is 0.191. The van der Waals surface area contributed by atoms with Gasteiger partial charge in [0.25, 0.3) is 5.91 Å². The topological polar surface area (TPSA) is 72.6 Å². The lowest BCUT2D eigenvalue weighted by Crippen LogP contribution is -2.32. The van der Waals surface area contributed by atoms with Gasteiger partial charge in [-0.15, -0.1) is 0 Å². The SMILES string of the molecule is CCC(Oc1ccc2c(c1)CCC2O)C(N)=O. The summed E-state index contributed by atoms with van der Waals surface area (Å²) in [5.41, 5.74) is 7.28. The van der Waals surface area contributed by atoms with E-state index in [-0.39, 0.29) is 6.10 Å². The third kappa shape index (κ3) is 2.42. The van der Waals surface area contributed by atoms with Crippen molar-refractivity contribution in [2.24, 2.45) is 5.73 Å². The molecule has 1 aliphatic carbocycles. The van der Waals surface area contributed by atoms with E-state index in [9.17, 15) is 9.90 Å². The molecule has 2 atom stereocenters. The van der Waals surface area contributed by atoms with Crippen LogP contribution in [0, 0.1) is 0 Å². The van der Waals surface area contributed by atoms with Gasteiger partial charge in [0.1, 0.15) is 5.75 Å². The first kappa shape index (κ1) is 11.9. The summed E-state index contributed by atoms with van der Waals surface area (Å²) in [6.07, 6.45) is 1.21. The Hall–Kier alpha value is -1.55. The first-order chi connectivity index (χ1) is 8.11. The summed E-state index contributed by atoms with van der Waals surface area (Å²) >= 11 is 0. The number of hydrogen-bond acceptors (Lipinski definition) is 3. The Morgan fingerprint density at radius 1 is 1.65 bits per heavy atom. The highest BCUT2D eigenvalue weighted by Crippen LogP contribution is 2.33. The molecule has 1 aliphatic rings. The number of nitrogens with two attached hydrogens (primary N) is 1. The zero-order chi connectivity index (χ0) is 12.4. The molecule has 0 bridgehead atoms. The van der Waals surface area contributed by atoms with E-state index in [4.69, 9.17) is 10.5 Å². The fraction of sp³-hybridized carbons (Fsp3) is 0.462. The number of benzene rings is 1. The van der Waals surface area contributed by atoms with E-state index in [0.29, 0.717) is 12.2 Å². The quantitative estimate of drug-likeness (QED) is 0.826. The average molecular weight is 235 g/mol. The molecule has 17 heavy (non-hydrogen) atoms. The minimum absolute atomic E-state index is 0.364. The molecule has 0 fully saturated rings. The highest BCUT2D eigenvalue weighted by Gasteiger charge is 2.21. The molecule has 3 N–H and O–H groups in total. The number of carbonyl (C=O) groups excluding carboxylic acids is 1. The van der Waals surface area contributed by atoms with Gasteiger partial charge in [-0.25, -0.2) is 0 Å². The molecular weight excluding hydrogens is 218 g/mol. The summed E-state index contributed by atoms with van der Waals surface area (Å²) in [6, 6.07) is 5.52. The van der Waals surface area contributed by atoms with Crippen LogP contribution in [-0.2, 0) is 11.2 Å². The molecule has 0 spiro atoms. The normalized spacial score (nSPS) is 19.8. The zero-order valence-electron chi connectivity index (χ0n) is 9.85. The minimum Gasteiger partial charge on any atom is -0.481 e. The molecule has 0 heterocycles. The van der Waals surface area contributed by atoms with E-state index < -0.39 is 12.0 Å². The van der Waals surface area contributed by atoms with E-state index in [0.717, 1.165) is 24.0 Å². The summed E-state index contributed by atoms with van der Waals surface area (Å²) < 4.78 is 5.53. The molecule has 2 rings (SSSR count). The number of amides is 1. The number of aliphatic hydroxyl groups is 1. The van der Waals surface area contributed by atoms with Crippen molar-refractivity contribution in [3.05, 3.63) is 29.3 Å². The van der Waals surface area contributed by atoms with Crippen LogP contribution in [0.4, 0.5) is 0 Å². The van der Waals surface area contributed by atoms with Gasteiger partial charge in [-0.1, -0.05) is 13.0 Å². The van der Waals surface area contributed by atoms with Crippen LogP contribution in [0.2, 0.25) is 0 Å². The summed E-state index contributed by atoms with van der Waals surface area (Å²) in [7, 11) is 0. The van der Waals surface area contributed by atoms with Gasteiger partial charge in [-0.05, 0) is 42.5 Å². The van der Waals surface area contributed by atoms with Gasteiger partial charge in [-0.3, -0.25) is 4.79 Å². The van der Waals surface area contributed by atoms with Crippen molar-refractivity contribution in [3.8, 4) is 5.75 Å². The van der Waals surface area contributed by atoms with Crippen LogP contribution in [0.3, 0.4) is 0 Å². The molecule has 0 saturated carbocycles. The molecular formula is C13H17NO3. The van der Waals surface area contributed by atoms with Gasteiger partial charge in [0, 0.05) is 0 Å². The van der Waals surface area contributed by atoms with Crippen molar-refractivity contribution >= 4 is 5.91 Å². The van der Waals surface area contributed by atoms with E-state index in [2.05, 4.69) is 0 Å². The van der Waals surface area contributed by atoms with E-state index in [1.54, 1.807) is 6.07 Å². The third-order valence-electron chi connectivity index (χ3n) is 3.13. The maximum absolute atomic E-state index is 11.1. The van der Waals surface area contributed by atoms with Crippen molar-refractivity contribution in [1.29, 1.82) is 0 Å². The van der Waals surface area contributed by atoms with Crippen LogP contribution in [0.25, 0.3) is 0 Å². The van der Waals surface area contributed by atoms with Crippen LogP contribution in [0.1, 0.15) is 37.0 Å². The Kier molecular flexibility index (Phi) is 3.33. The van der Waals surface area contributed by atoms with Gasteiger partial charge in [0.05, 0.1) is 6.10 Å². The molecule has 2 unspecified atom stereocenters. The lowest BCUT2D eigenvalue weighted by molar-refractivity contribution is -0.124. The lowest BCUT2D eigenvalue weighted by Gasteiger charge is -2.15. The lowest BCUT2D eigenvalue weighted by atomic mass is 10.1. The van der Waals surface area contributed by atoms with Crippen molar-refractivity contribution in [1.82, 2.24) is 0 Å². The maximum Gasteiger partial charge on any atom is 0.258 e. The molecule has 0 aliphatic heterocycles. The van der Waals surface area contributed by atoms with Crippen molar-refractivity contribution in [3.63, 3.8) is 0 Å². The molecule has 0 aromatic heterocycles. The zero-order valence-corrected chi connectivity index (χ0v) is 9.85. The average Bonchev–Trinajstić information content (AvgIpc) is 2.67. The number of carbonyl (C=O) groups is 1. The Morgan fingerprint density at radius 3 is 3.06 bits per heavy atom. The maximum atomic E-state index is 11.1. The minimum atomic E-state index is -0.584. The molecule has 1 aromatic carbocycles. The first-order valence-electron chi connectivity index (χ1n) is 5.88. The van der Waals surface area contributed by atoms with Gasteiger partial charge < -0.3 is 15.6 Å². The molecule has 0 saturated heterocycles. The molecule has 92 valence electrons. The molecule has 0 radical (unpaired) electrons. The molecule has 1 aromatic rings. The number of aliphatic hydroxyl groups excluding tert-OH is 1. The largest absolute Gasteiger partial charge is 0.481 e. The summed E-state index contributed by atoms with van der Waals surface area (Å²) in [5, 5.41) is 9.67. The van der Waals surface area contributed by atoms with E-state index in [1.807, 2.05) is 19.1 Å². The number of fused-ring (bicyclic) bond motifs is 1. The fourth-order valence-corrected chi connectivity index (χ4v) is 2.15. The van der Waals surface area contributed by atoms with Gasteiger partial charge >= 0.3 is 0 Å². The van der Waals surface area contributed by atoms with Crippen molar-refractivity contribution < 1.29 is 14.6 Å². The number of ether oxygens (including phenoxy) is 1. The number of aryl methyl sites for hydroxylation is 1. The van der Waals surface area contributed by atoms with Crippen LogP contribution >= 0.6 is 0 Å². The number of hydrogen-bond donors (Lipinski definition) is 2. The van der Waals surface area contributed by atoms with Crippen molar-refractivity contribution in [2.45, 2.75) is 38.4 Å². The number of rotatable bonds is 4. The predicted molar refractivity (Wildman–Crippen MR) is 63.6 cm³/mol. The Morgan fingerprint density at radius 2 is 2.41 bits per heavy atom. The highest BCUT2D eigenvalue weighted by molar-refractivity contribution is 5.79. The fourth-order valence-electron chi connectivity index (χ4n) is 2.15. The van der Waals surface area contributed by atoms with Crippen LogP contribution < -0.4 is 10.5 Å². The second-order valence-electron chi connectivity index (χ2n) is 4.33. The third-order valence-corrected chi connectivity index (χ3v) is 3.13. The first-order valence-corrected chi connectivity index (χ1v) is 5.88. The van der Waals surface area contributed by atoms with Gasteiger partial charge in [0.15, 0.2) is 6.10 Å². The smallest absolute Gasteiger partial charge is 0.258 e. The van der Waals surface area contributed by atoms with Crippen molar-refractivity contribution in [2.75, 3.05) is 0 Å². The Balaban J connectivity index is 2.16. The summed E-state index contributed by atoms with van der Waals surface area (Å²) in [4.78, 5) is 11.1. The Bertz CT molecular complexity index is 431. The van der Waals surface area contributed by atoms with Gasteiger partial charge in [-0.2, -0.15) is 0 Å². The monoisotopic (exact) mass is 235 g/mol. The van der Waals surface area contributed by atoms with Crippen LogP contribution in [0.5, 0.6) is 5.75 Å². The molecule has 4 nitrogen and oxygen atoms in total. The van der Waals surface area contributed by atoms with E-state index in [1.165, 1.54) is 0 Å². The van der Waals surface area contributed by atoms with Gasteiger partial charge in [0.2, 0.25) is 0 Å². The second-order valence-corrected chi connectivity index (χ2v) is 4.33. The standard InChI is InChI=1S/C13H17NO3/c1-2-12(13(14)16)17-9-4-5-10-8(7-9)3-6-11(10)15/h4-5,7,11-12,15H,2-3,6H2,1H3,(H2,14,16). The summed E-state index contributed by atoms with van der Waals surface area (Å²) in [6.45, 7) is 1.85. The predicted octanol–water partition coefficient (Wildman–Crippen LogP) is 1.31. The Labute approximate surface area is 100 Å². The molecule has 1 amide bonds. The van der Waals surface area contributed by atoms with Crippen LogP contribution in [0.15, 0.2) is 18.2 Å². The van der Waals surface area contributed by atoms with Crippen LogP contribution in [-0.4, -0.2) is 17.1 Å². The molecule has 4 heteroatoms. The number of primary amides is 1. The second kappa shape index (κ2) is 4.75. The highest BCUT2D eigenvalue weighted by atomic mass is 16.5.